The zero-order valence-electron chi connectivity index (χ0n) is 19.9. The fraction of sp³-hybridized carbons (Fsp3) is 0.133. The van der Waals surface area contributed by atoms with Gasteiger partial charge in [-0.15, -0.1) is 0 Å². The first-order chi connectivity index (χ1) is 17.8. The highest BCUT2D eigenvalue weighted by molar-refractivity contribution is 6.33. The van der Waals surface area contributed by atoms with Crippen LogP contribution in [0.4, 0.5) is 0 Å². The highest BCUT2D eigenvalue weighted by Gasteiger charge is 2.20. The van der Waals surface area contributed by atoms with Crippen LogP contribution in [0.3, 0.4) is 0 Å². The molecule has 1 N–H and O–H groups in total. The highest BCUT2D eigenvalue weighted by atomic mass is 35.5. The number of ether oxygens (including phenoxy) is 1. The molecule has 0 aromatic heterocycles. The molecule has 0 saturated carbocycles. The fourth-order valence-electron chi connectivity index (χ4n) is 4.42. The number of aromatic hydroxyl groups is 1. The van der Waals surface area contributed by atoms with Gasteiger partial charge in [0.2, 0.25) is 5.43 Å². The Labute approximate surface area is 223 Å². The molecule has 0 spiro atoms. The quantitative estimate of drug-likeness (QED) is 0.171. The minimum absolute atomic E-state index is 0.0600. The Hall–Kier alpha value is -3.80. The molecule has 7 heteroatoms. The number of ketones is 1. The lowest BCUT2D eigenvalue weighted by molar-refractivity contribution is 0.0980. The lowest BCUT2D eigenvalue weighted by atomic mass is 9.92. The summed E-state index contributed by atoms with van der Waals surface area (Å²) >= 11 is 12.4. The van der Waals surface area contributed by atoms with E-state index < -0.39 is 0 Å². The van der Waals surface area contributed by atoms with Crippen LogP contribution in [0, 0.1) is 0 Å². The number of fused-ring (bicyclic) bond motifs is 2. The summed E-state index contributed by atoms with van der Waals surface area (Å²) in [5, 5.41) is 11.0. The van der Waals surface area contributed by atoms with Crippen LogP contribution in [-0.2, 0) is 6.42 Å². The monoisotopic (exact) mass is 532 g/mol. The Morgan fingerprint density at radius 3 is 2.38 bits per heavy atom. The smallest absolute Gasteiger partial charge is 0.200 e. The molecule has 0 fully saturated rings. The van der Waals surface area contributed by atoms with Gasteiger partial charge in [-0.05, 0) is 48.2 Å². The number of rotatable bonds is 7. The van der Waals surface area contributed by atoms with E-state index in [1.54, 1.807) is 31.4 Å². The molecule has 3 aromatic rings. The molecule has 1 aliphatic heterocycles. The molecule has 5 rings (SSSR count). The van der Waals surface area contributed by atoms with E-state index in [-0.39, 0.29) is 27.0 Å². The Balaban J connectivity index is 1.44. The van der Waals surface area contributed by atoms with Gasteiger partial charge >= 0.3 is 0 Å². The van der Waals surface area contributed by atoms with Gasteiger partial charge in [-0.1, -0.05) is 59.6 Å². The average Bonchev–Trinajstić information content (AvgIpc) is 2.90. The van der Waals surface area contributed by atoms with Crippen molar-refractivity contribution in [1.29, 1.82) is 0 Å². The van der Waals surface area contributed by atoms with Crippen LogP contribution in [0.15, 0.2) is 82.0 Å². The largest absolute Gasteiger partial charge is 0.506 e. The molecule has 1 aliphatic carbocycles. The summed E-state index contributed by atoms with van der Waals surface area (Å²) in [6, 6.07) is 21.1. The third-order valence-electron chi connectivity index (χ3n) is 6.37. The molecule has 1 heterocycles. The van der Waals surface area contributed by atoms with Gasteiger partial charge in [0.15, 0.2) is 5.78 Å². The third-order valence-corrected chi connectivity index (χ3v) is 6.96. The molecular weight excluding hydrogens is 511 g/mol. The predicted octanol–water partition coefficient (Wildman–Crippen LogP) is 7.79. The fourth-order valence-corrected chi connectivity index (χ4v) is 4.75. The molecule has 2 aliphatic rings. The van der Waals surface area contributed by atoms with E-state index in [1.807, 2.05) is 36.4 Å². The maximum Gasteiger partial charge on any atom is 0.200 e. The summed E-state index contributed by atoms with van der Waals surface area (Å²) in [6.07, 6.45) is 1.97. The third kappa shape index (κ3) is 5.06. The molecular formula is C30H22Cl2O5. The summed E-state index contributed by atoms with van der Waals surface area (Å²) in [5.74, 6) is 1.07. The summed E-state index contributed by atoms with van der Waals surface area (Å²) in [7, 11) is 1.63. The summed E-state index contributed by atoms with van der Waals surface area (Å²) < 4.78 is 11.1. The maximum atomic E-state index is 12.8. The summed E-state index contributed by atoms with van der Waals surface area (Å²) in [4.78, 5) is 25.0. The number of carbonyl (C=O) groups is 1. The first kappa shape index (κ1) is 24.9. The Morgan fingerprint density at radius 2 is 1.68 bits per heavy atom. The number of phenols is 1. The van der Waals surface area contributed by atoms with E-state index in [9.17, 15) is 14.7 Å². The lowest BCUT2D eigenvalue weighted by Gasteiger charge is -2.16. The molecule has 0 atom stereocenters. The Bertz CT molecular complexity index is 1640. The van der Waals surface area contributed by atoms with Crippen LogP contribution >= 0.6 is 23.2 Å². The molecule has 3 aromatic carbocycles. The standard InChI is InChI=1S/C30H22Cl2O5/c1-36-20-11-5-17(6-12-20)3-2-4-25(33)18-7-9-19(10-8-18)30-21-13-23(31)26(34)15-28(21)37-29-16-27(35)24(32)14-22(29)30/h5-16,34H,2-4H2,1H3. The van der Waals surface area contributed by atoms with Crippen LogP contribution in [0.1, 0.15) is 28.8 Å². The van der Waals surface area contributed by atoms with Gasteiger partial charge in [-0.3, -0.25) is 9.59 Å². The van der Waals surface area contributed by atoms with Gasteiger partial charge in [0.1, 0.15) is 22.8 Å². The van der Waals surface area contributed by atoms with E-state index in [1.165, 1.54) is 12.1 Å². The average molecular weight is 533 g/mol. The van der Waals surface area contributed by atoms with Gasteiger partial charge in [0.05, 0.1) is 17.2 Å². The summed E-state index contributed by atoms with van der Waals surface area (Å²) in [6.45, 7) is 0. The second-order valence-electron chi connectivity index (χ2n) is 8.76. The number of benzene rings is 4. The molecule has 37 heavy (non-hydrogen) atoms. The zero-order chi connectivity index (χ0) is 26.1. The zero-order valence-corrected chi connectivity index (χ0v) is 21.4. The number of hydrogen-bond donors (Lipinski definition) is 1. The van der Waals surface area contributed by atoms with Crippen LogP contribution < -0.4 is 10.2 Å². The van der Waals surface area contributed by atoms with Crippen LogP contribution in [-0.4, -0.2) is 18.0 Å². The topological polar surface area (TPSA) is 76.7 Å². The molecule has 5 nitrogen and oxygen atoms in total. The number of hydrogen-bond acceptors (Lipinski definition) is 5. The van der Waals surface area contributed by atoms with E-state index in [2.05, 4.69) is 0 Å². The van der Waals surface area contributed by atoms with Gasteiger partial charge in [0.25, 0.3) is 0 Å². The number of phenolic OH excluding ortho intramolecular Hbond substituents is 1. The highest BCUT2D eigenvalue weighted by Crippen LogP contribution is 2.43. The van der Waals surface area contributed by atoms with Crippen molar-refractivity contribution in [3.8, 4) is 33.9 Å². The number of carbonyl (C=O) groups excluding carboxylic acids is 1. The first-order valence-electron chi connectivity index (χ1n) is 11.7. The van der Waals surface area contributed by atoms with Crippen molar-refractivity contribution in [2.45, 2.75) is 19.3 Å². The number of halogens is 2. The maximum absolute atomic E-state index is 12.8. The van der Waals surface area contributed by atoms with E-state index in [4.69, 9.17) is 32.4 Å². The van der Waals surface area contributed by atoms with Crippen molar-refractivity contribution in [2.75, 3.05) is 7.11 Å². The first-order valence-corrected chi connectivity index (χ1v) is 12.4. The molecule has 186 valence electrons. The predicted molar refractivity (Wildman–Crippen MR) is 146 cm³/mol. The van der Waals surface area contributed by atoms with Crippen molar-refractivity contribution in [3.05, 3.63) is 104 Å². The van der Waals surface area contributed by atoms with Crippen LogP contribution in [0.2, 0.25) is 10.0 Å². The van der Waals surface area contributed by atoms with Crippen molar-refractivity contribution in [3.63, 3.8) is 0 Å². The molecule has 0 unspecified atom stereocenters. The Kier molecular flexibility index (Phi) is 6.92. The molecule has 0 amide bonds. The van der Waals surface area contributed by atoms with Crippen molar-refractivity contribution in [1.82, 2.24) is 0 Å². The number of methoxy groups -OCH3 is 1. The van der Waals surface area contributed by atoms with Gasteiger partial charge in [-0.25, -0.2) is 0 Å². The SMILES string of the molecule is COc1ccc(CCCC(=O)c2ccc(-c3c4cc(Cl)c(=O)cc-4oc4cc(O)c(Cl)cc34)cc2)cc1. The minimum Gasteiger partial charge on any atom is -0.506 e. The van der Waals surface area contributed by atoms with Crippen molar-refractivity contribution >= 4 is 40.0 Å². The van der Waals surface area contributed by atoms with E-state index >= 15 is 0 Å². The number of Topliss-reactive ketones (excluding diaryl/α,β-unsaturated/α-hetero) is 1. The molecule has 0 saturated heterocycles. The number of aryl methyl sites for hydroxylation is 1. The van der Waals surface area contributed by atoms with Gasteiger partial charge in [-0.2, -0.15) is 0 Å². The molecule has 0 bridgehead atoms. The lowest BCUT2D eigenvalue weighted by Crippen LogP contribution is -2.03. The second-order valence-corrected chi connectivity index (χ2v) is 9.57. The van der Waals surface area contributed by atoms with Crippen LogP contribution in [0.25, 0.3) is 33.4 Å². The van der Waals surface area contributed by atoms with E-state index in [0.29, 0.717) is 34.3 Å². The Morgan fingerprint density at radius 1 is 0.946 bits per heavy atom. The van der Waals surface area contributed by atoms with Crippen molar-refractivity contribution in [2.24, 2.45) is 0 Å². The normalized spacial score (nSPS) is 11.2. The van der Waals surface area contributed by atoms with Crippen LogP contribution in [0.5, 0.6) is 11.5 Å². The molecule has 0 radical (unpaired) electrons. The second kappa shape index (κ2) is 10.3. The minimum atomic E-state index is -0.364. The summed E-state index contributed by atoms with van der Waals surface area (Å²) in [5.41, 5.74) is 3.92. The van der Waals surface area contributed by atoms with E-state index in [0.717, 1.165) is 35.3 Å². The van der Waals surface area contributed by atoms with Crippen molar-refractivity contribution < 1.29 is 19.1 Å². The van der Waals surface area contributed by atoms with Gasteiger partial charge in [0, 0.05) is 40.6 Å². The van der Waals surface area contributed by atoms with Gasteiger partial charge < -0.3 is 14.3 Å².